The molecule has 0 saturated carbocycles. The Morgan fingerprint density at radius 1 is 1.32 bits per heavy atom. The predicted molar refractivity (Wildman–Crippen MR) is 118 cm³/mol. The fraction of sp³-hybridized carbons (Fsp3) is 0.250. The van der Waals surface area contributed by atoms with Crippen molar-refractivity contribution >= 4 is 23.6 Å². The van der Waals surface area contributed by atoms with Crippen LogP contribution in [0.2, 0.25) is 5.02 Å². The van der Waals surface area contributed by atoms with Gasteiger partial charge in [-0.1, -0.05) is 35.9 Å². The number of imidazole rings is 1. The van der Waals surface area contributed by atoms with Crippen molar-refractivity contribution in [3.8, 4) is 16.9 Å². The molecule has 0 bridgehead atoms. The van der Waals surface area contributed by atoms with Gasteiger partial charge < -0.3 is 14.0 Å². The van der Waals surface area contributed by atoms with Crippen LogP contribution in [0.3, 0.4) is 0 Å². The van der Waals surface area contributed by atoms with Gasteiger partial charge in [-0.2, -0.15) is 0 Å². The van der Waals surface area contributed by atoms with Crippen molar-refractivity contribution in [2.45, 2.75) is 19.9 Å². The van der Waals surface area contributed by atoms with E-state index in [4.69, 9.17) is 21.1 Å². The van der Waals surface area contributed by atoms with E-state index in [0.29, 0.717) is 40.4 Å². The van der Waals surface area contributed by atoms with Gasteiger partial charge in [-0.25, -0.2) is 14.2 Å². The summed E-state index contributed by atoms with van der Waals surface area (Å²) in [4.78, 5) is 16.4. The minimum Gasteiger partial charge on any atom is -0.496 e. The Labute approximate surface area is 185 Å². The SMILES string of the molecule is CCOC(=O)c1ncc2n1CC(Cc1ccc(OC)c(-c3cccc(Cl)c3)c1F)C=C2. The first kappa shape index (κ1) is 21.1. The third-order valence-corrected chi connectivity index (χ3v) is 5.53. The Balaban J connectivity index is 1.63. The van der Waals surface area contributed by atoms with E-state index < -0.39 is 5.97 Å². The average molecular weight is 441 g/mol. The monoisotopic (exact) mass is 440 g/mol. The number of fused-ring (bicyclic) bond motifs is 1. The molecule has 0 aliphatic carbocycles. The molecule has 1 atom stereocenters. The molecule has 0 N–H and O–H groups in total. The van der Waals surface area contributed by atoms with Crippen molar-refractivity contribution in [3.05, 3.63) is 76.6 Å². The highest BCUT2D eigenvalue weighted by molar-refractivity contribution is 6.30. The zero-order valence-electron chi connectivity index (χ0n) is 17.3. The highest BCUT2D eigenvalue weighted by atomic mass is 35.5. The summed E-state index contributed by atoms with van der Waals surface area (Å²) < 4.78 is 27.9. The third-order valence-electron chi connectivity index (χ3n) is 5.30. The minimum atomic E-state index is -0.457. The van der Waals surface area contributed by atoms with Crippen LogP contribution < -0.4 is 4.74 Å². The summed E-state index contributed by atoms with van der Waals surface area (Å²) in [6.45, 7) is 2.55. The smallest absolute Gasteiger partial charge is 0.374 e. The molecule has 31 heavy (non-hydrogen) atoms. The van der Waals surface area contributed by atoms with E-state index in [1.165, 1.54) is 7.11 Å². The van der Waals surface area contributed by atoms with E-state index in [0.717, 1.165) is 5.69 Å². The zero-order valence-corrected chi connectivity index (χ0v) is 18.0. The Bertz CT molecular complexity index is 1160. The molecule has 5 nitrogen and oxygen atoms in total. The van der Waals surface area contributed by atoms with Gasteiger partial charge in [0.05, 0.1) is 31.2 Å². The van der Waals surface area contributed by atoms with Gasteiger partial charge in [0.15, 0.2) is 0 Å². The zero-order chi connectivity index (χ0) is 22.0. The molecule has 4 rings (SSSR count). The number of nitrogens with zero attached hydrogens (tertiary/aromatic N) is 2. The van der Waals surface area contributed by atoms with Crippen molar-refractivity contribution in [2.24, 2.45) is 5.92 Å². The molecular formula is C24H22ClFN2O3. The number of hydrogen-bond acceptors (Lipinski definition) is 4. The molecule has 0 saturated heterocycles. The summed E-state index contributed by atoms with van der Waals surface area (Å²) >= 11 is 6.12. The van der Waals surface area contributed by atoms with Crippen LogP contribution in [0, 0.1) is 11.7 Å². The number of ether oxygens (including phenoxy) is 2. The van der Waals surface area contributed by atoms with E-state index in [1.807, 2.05) is 16.7 Å². The van der Waals surface area contributed by atoms with Gasteiger partial charge in [-0.3, -0.25) is 0 Å². The normalized spacial score (nSPS) is 14.9. The molecule has 7 heteroatoms. The number of methoxy groups -OCH3 is 1. The molecule has 1 aliphatic rings. The molecule has 2 heterocycles. The summed E-state index contributed by atoms with van der Waals surface area (Å²) in [6, 6.07) is 10.6. The predicted octanol–water partition coefficient (Wildman–Crippen LogP) is 5.41. The van der Waals surface area contributed by atoms with Crippen LogP contribution >= 0.6 is 11.6 Å². The fourth-order valence-electron chi connectivity index (χ4n) is 3.86. The Morgan fingerprint density at radius 2 is 2.16 bits per heavy atom. The highest BCUT2D eigenvalue weighted by Crippen LogP contribution is 2.36. The maximum absolute atomic E-state index is 15.6. The maximum Gasteiger partial charge on any atom is 0.374 e. The molecule has 1 aliphatic heterocycles. The quantitative estimate of drug-likeness (QED) is 0.481. The lowest BCUT2D eigenvalue weighted by Gasteiger charge is -2.22. The van der Waals surface area contributed by atoms with Gasteiger partial charge in [0.2, 0.25) is 5.82 Å². The van der Waals surface area contributed by atoms with Crippen LogP contribution in [0.15, 0.2) is 48.7 Å². The number of carbonyl (C=O) groups is 1. The van der Waals surface area contributed by atoms with Gasteiger partial charge in [-0.15, -0.1) is 0 Å². The topological polar surface area (TPSA) is 53.3 Å². The molecule has 2 aromatic carbocycles. The summed E-state index contributed by atoms with van der Waals surface area (Å²) in [5.41, 5.74) is 2.43. The highest BCUT2D eigenvalue weighted by Gasteiger charge is 2.24. The van der Waals surface area contributed by atoms with E-state index in [9.17, 15) is 4.79 Å². The lowest BCUT2D eigenvalue weighted by Crippen LogP contribution is -2.21. The molecule has 1 aromatic heterocycles. The summed E-state index contributed by atoms with van der Waals surface area (Å²) in [5.74, 6) is -0.0890. The van der Waals surface area contributed by atoms with Crippen molar-refractivity contribution in [2.75, 3.05) is 13.7 Å². The van der Waals surface area contributed by atoms with Crippen LogP contribution in [0.4, 0.5) is 4.39 Å². The number of hydrogen-bond donors (Lipinski definition) is 0. The number of rotatable bonds is 6. The summed E-state index contributed by atoms with van der Waals surface area (Å²) in [5, 5.41) is 0.527. The van der Waals surface area contributed by atoms with Crippen LogP contribution in [-0.4, -0.2) is 29.2 Å². The molecule has 0 spiro atoms. The first-order valence-electron chi connectivity index (χ1n) is 10.0. The Morgan fingerprint density at radius 3 is 2.90 bits per heavy atom. The second-order valence-corrected chi connectivity index (χ2v) is 7.72. The second-order valence-electron chi connectivity index (χ2n) is 7.29. The minimum absolute atomic E-state index is 0.00928. The number of allylic oxidation sites excluding steroid dienone is 1. The molecule has 0 amide bonds. The molecule has 1 unspecified atom stereocenters. The lowest BCUT2D eigenvalue weighted by atomic mass is 9.93. The Hall–Kier alpha value is -3.12. The van der Waals surface area contributed by atoms with Crippen molar-refractivity contribution < 1.29 is 18.7 Å². The number of halogens is 2. The average Bonchev–Trinajstić information content (AvgIpc) is 3.18. The van der Waals surface area contributed by atoms with Crippen molar-refractivity contribution in [1.82, 2.24) is 9.55 Å². The molecular weight excluding hydrogens is 419 g/mol. The van der Waals surface area contributed by atoms with Gasteiger partial charge in [-0.05, 0) is 54.7 Å². The third kappa shape index (κ3) is 4.21. The summed E-state index contributed by atoms with van der Waals surface area (Å²) in [6.07, 6.45) is 6.03. The number of aromatic nitrogens is 2. The number of carbonyl (C=O) groups excluding carboxylic acids is 1. The second kappa shape index (κ2) is 8.94. The van der Waals surface area contributed by atoms with Gasteiger partial charge in [0, 0.05) is 11.6 Å². The van der Waals surface area contributed by atoms with Crippen LogP contribution in [-0.2, 0) is 17.7 Å². The van der Waals surface area contributed by atoms with Gasteiger partial charge >= 0.3 is 5.97 Å². The van der Waals surface area contributed by atoms with Crippen LogP contribution in [0.5, 0.6) is 5.75 Å². The number of esters is 1. The van der Waals surface area contributed by atoms with E-state index in [1.54, 1.807) is 49.5 Å². The van der Waals surface area contributed by atoms with E-state index >= 15 is 4.39 Å². The number of benzene rings is 2. The van der Waals surface area contributed by atoms with Crippen LogP contribution in [0.25, 0.3) is 17.2 Å². The van der Waals surface area contributed by atoms with E-state index in [-0.39, 0.29) is 24.2 Å². The lowest BCUT2D eigenvalue weighted by molar-refractivity contribution is 0.0505. The first-order chi connectivity index (χ1) is 15.0. The van der Waals surface area contributed by atoms with Crippen molar-refractivity contribution in [1.29, 1.82) is 0 Å². The van der Waals surface area contributed by atoms with Crippen molar-refractivity contribution in [3.63, 3.8) is 0 Å². The fourth-order valence-corrected chi connectivity index (χ4v) is 4.05. The van der Waals surface area contributed by atoms with Gasteiger partial charge in [0.25, 0.3) is 0 Å². The molecule has 0 radical (unpaired) electrons. The van der Waals surface area contributed by atoms with Crippen LogP contribution in [0.1, 0.15) is 28.8 Å². The molecule has 160 valence electrons. The summed E-state index contributed by atoms with van der Waals surface area (Å²) in [7, 11) is 1.52. The molecule has 0 fully saturated rings. The first-order valence-corrected chi connectivity index (χ1v) is 10.4. The largest absolute Gasteiger partial charge is 0.496 e. The standard InChI is InChI=1S/C24H22ClFN2O3/c1-3-31-24(29)23-27-13-19-9-7-15(14-28(19)23)11-17-8-10-20(30-2)21(22(17)26)16-5-4-6-18(25)12-16/h4-10,12-13,15H,3,11,14H2,1-2H3. The van der Waals surface area contributed by atoms with E-state index in [2.05, 4.69) is 4.98 Å². The maximum atomic E-state index is 15.6. The Kier molecular flexibility index (Phi) is 6.09. The molecule has 3 aromatic rings. The van der Waals surface area contributed by atoms with Gasteiger partial charge in [0.1, 0.15) is 11.6 Å².